The van der Waals surface area contributed by atoms with E-state index in [0.717, 1.165) is 81.5 Å². The molecule has 2 aromatic heterocycles. The molecule has 9 aromatic carbocycles. The van der Waals surface area contributed by atoms with Crippen LogP contribution in [0, 0.1) is 17.0 Å². The van der Waals surface area contributed by atoms with Crippen molar-refractivity contribution in [1.29, 1.82) is 0 Å². The van der Waals surface area contributed by atoms with E-state index in [1.165, 1.54) is 54.1 Å². The molecule has 0 saturated carbocycles. The second kappa shape index (κ2) is 26.0. The summed E-state index contributed by atoms with van der Waals surface area (Å²) in [4.78, 5) is 16.1. The lowest BCUT2D eigenvalue weighted by molar-refractivity contribution is -0.385. The first kappa shape index (κ1) is 54.2. The van der Waals surface area contributed by atoms with Gasteiger partial charge in [0.1, 0.15) is 36.2 Å². The average Bonchev–Trinajstić information content (AvgIpc) is 4.17. The molecule has 11 aromatic rings. The second-order valence-corrected chi connectivity index (χ2v) is 22.8. The summed E-state index contributed by atoms with van der Waals surface area (Å²) in [5, 5.41) is 17.2. The van der Waals surface area contributed by atoms with E-state index in [1.807, 2.05) is 65.9 Å². The van der Waals surface area contributed by atoms with E-state index in [0.29, 0.717) is 38.2 Å². The Balaban J connectivity index is 1.06. The predicted molar refractivity (Wildman–Crippen MR) is 331 cm³/mol. The maximum Gasteiger partial charge on any atom is 0.311 e. The van der Waals surface area contributed by atoms with Crippen molar-refractivity contribution in [2.24, 2.45) is 0 Å². The minimum absolute atomic E-state index is 0.0724. The summed E-state index contributed by atoms with van der Waals surface area (Å²) in [7, 11) is 1.69. The summed E-state index contributed by atoms with van der Waals surface area (Å²) in [6, 6.07) is 77.0. The van der Waals surface area contributed by atoms with Crippen LogP contribution in [0.25, 0.3) is 21.2 Å². The first-order valence-electron chi connectivity index (χ1n) is 27.6. The lowest BCUT2D eigenvalue weighted by Crippen LogP contribution is -2.13. The highest BCUT2D eigenvalue weighted by molar-refractivity contribution is 7.15. The number of fused-ring (bicyclic) bond motifs is 1. The van der Waals surface area contributed by atoms with Gasteiger partial charge in [0.25, 0.3) is 0 Å². The fourth-order valence-electron chi connectivity index (χ4n) is 10.7. The summed E-state index contributed by atoms with van der Waals surface area (Å²) < 4.78 is 25.5. The van der Waals surface area contributed by atoms with E-state index in [9.17, 15) is 10.1 Å². The average molecular weight is 1100 g/mol. The van der Waals surface area contributed by atoms with Crippen LogP contribution < -0.4 is 18.9 Å². The Morgan fingerprint density at radius 1 is 0.519 bits per heavy atom. The van der Waals surface area contributed by atoms with Gasteiger partial charge in [0.2, 0.25) is 5.75 Å². The number of hydrogen-bond acceptors (Lipinski definition) is 8. The van der Waals surface area contributed by atoms with E-state index >= 15 is 0 Å². The molecule has 0 spiro atoms. The minimum atomic E-state index is -0.347. The molecule has 0 aliphatic carbocycles. The summed E-state index contributed by atoms with van der Waals surface area (Å²) in [5.74, 6) is 3.43. The number of para-hydroxylation sites is 2. The molecule has 9 heteroatoms. The normalized spacial score (nSPS) is 11.6. The molecule has 1 atom stereocenters. The summed E-state index contributed by atoms with van der Waals surface area (Å²) in [6.07, 6.45) is 5.11. The monoisotopic (exact) mass is 1100 g/mol. The molecule has 1 unspecified atom stereocenters. The van der Waals surface area contributed by atoms with Crippen LogP contribution >= 0.6 is 22.7 Å². The predicted octanol–water partition coefficient (Wildman–Crippen LogP) is 18.9. The largest absolute Gasteiger partial charge is 0.497 e. The number of thiophene rings is 2. The molecule has 11 rings (SSSR count). The number of aryl methyl sites for hydroxylation is 3. The van der Waals surface area contributed by atoms with Crippen molar-refractivity contribution in [1.82, 2.24) is 0 Å². The van der Waals surface area contributed by atoms with Crippen LogP contribution in [0.2, 0.25) is 0 Å². The molecule has 7 nitrogen and oxygen atoms in total. The van der Waals surface area contributed by atoms with Gasteiger partial charge < -0.3 is 18.9 Å². The molecule has 0 bridgehead atoms. The van der Waals surface area contributed by atoms with Gasteiger partial charge in [-0.25, -0.2) is 0 Å². The van der Waals surface area contributed by atoms with Crippen molar-refractivity contribution in [3.8, 4) is 39.2 Å². The molecule has 0 saturated heterocycles. The first-order chi connectivity index (χ1) is 39.8. The van der Waals surface area contributed by atoms with Gasteiger partial charge >= 0.3 is 5.69 Å². The molecule has 0 amide bonds. The number of benzene rings is 9. The van der Waals surface area contributed by atoms with Crippen LogP contribution in [0.15, 0.2) is 230 Å². The van der Waals surface area contributed by atoms with Crippen molar-refractivity contribution in [2.45, 2.75) is 71.0 Å². The van der Waals surface area contributed by atoms with E-state index in [2.05, 4.69) is 164 Å². The Morgan fingerprint density at radius 2 is 1.15 bits per heavy atom. The van der Waals surface area contributed by atoms with Crippen LogP contribution in [-0.2, 0) is 45.3 Å². The Morgan fingerprint density at radius 3 is 1.86 bits per heavy atom. The molecule has 0 aliphatic rings. The SMILES string of the molecule is COc1ccc2cc(Cc3cc(C(CCc4ccc(OCc5ccccc5)cc4)CCc4cccc(OCc5ccccc5)c4)c(Cc4ccc(-c5ccccc5)s4)c(Cc4cc(C)cs4)c3Oc3ccccc3[N+](=O)[O-])ccc2c1. The molecular formula is C72H63NO6S2. The van der Waals surface area contributed by atoms with Crippen LogP contribution in [0.4, 0.5) is 5.69 Å². The van der Waals surface area contributed by atoms with Crippen molar-refractivity contribution in [3.63, 3.8) is 0 Å². The molecule has 0 N–H and O–H groups in total. The quantitative estimate of drug-likeness (QED) is 0.0443. The van der Waals surface area contributed by atoms with Gasteiger partial charge in [-0.05, 0) is 171 Å². The van der Waals surface area contributed by atoms with Crippen LogP contribution in [0.3, 0.4) is 0 Å². The van der Waals surface area contributed by atoms with Crippen LogP contribution in [-0.4, -0.2) is 12.0 Å². The third-order valence-corrected chi connectivity index (χ3v) is 17.1. The van der Waals surface area contributed by atoms with E-state index in [-0.39, 0.29) is 22.3 Å². The number of ether oxygens (including phenoxy) is 4. The molecule has 404 valence electrons. The fourth-order valence-corrected chi connectivity index (χ4v) is 12.6. The first-order valence-corrected chi connectivity index (χ1v) is 29.3. The lowest BCUT2D eigenvalue weighted by atomic mass is 9.79. The Kier molecular flexibility index (Phi) is 17.4. The number of nitrogens with zero attached hydrogens (tertiary/aromatic N) is 1. The standard InChI is InChI=1S/C72H63NO6S2/c1-50-39-65(80-49-50)46-68-67(45-64-37-38-71(81-64)57-20-10-5-11-21-57)66(44-60(72(68)79-70-24-13-12-23-69(70)73(74)75)41-55-27-32-59-43-62(76-2)36-33-58(59)40-55)56(30-25-51-28-34-61(35-29-51)77-47-53-15-6-3-7-16-53)31-26-52-19-14-22-63(42-52)78-48-54-17-8-4-9-18-54/h3-24,27-29,32-40,42-44,49,56H,25-26,30-31,41,45-48H2,1-2H3. The van der Waals surface area contributed by atoms with Crippen LogP contribution in [0.1, 0.15) is 84.1 Å². The third kappa shape index (κ3) is 14.0. The number of methoxy groups -OCH3 is 1. The topological polar surface area (TPSA) is 80.1 Å². The van der Waals surface area contributed by atoms with Gasteiger partial charge in [0.15, 0.2) is 0 Å². The van der Waals surface area contributed by atoms with Crippen LogP contribution in [0.5, 0.6) is 28.7 Å². The highest BCUT2D eigenvalue weighted by Crippen LogP contribution is 2.45. The van der Waals surface area contributed by atoms with Gasteiger partial charge in [-0.1, -0.05) is 158 Å². The molecule has 0 fully saturated rings. The zero-order chi connectivity index (χ0) is 55.3. The van der Waals surface area contributed by atoms with Gasteiger partial charge in [0, 0.05) is 45.5 Å². The van der Waals surface area contributed by atoms with Gasteiger partial charge in [0.05, 0.1) is 12.0 Å². The van der Waals surface area contributed by atoms with Crippen molar-refractivity contribution in [2.75, 3.05) is 7.11 Å². The molecule has 2 heterocycles. The summed E-state index contributed by atoms with van der Waals surface area (Å²) in [5.41, 5.74) is 12.5. The Labute approximate surface area is 482 Å². The lowest BCUT2D eigenvalue weighted by Gasteiger charge is -2.27. The van der Waals surface area contributed by atoms with Gasteiger partial charge in [-0.2, -0.15) is 0 Å². The maximum atomic E-state index is 12.8. The van der Waals surface area contributed by atoms with Gasteiger partial charge in [-0.3, -0.25) is 10.1 Å². The number of nitro benzene ring substituents is 1. The second-order valence-electron chi connectivity index (χ2n) is 20.7. The molecular weight excluding hydrogens is 1040 g/mol. The zero-order valence-electron chi connectivity index (χ0n) is 45.6. The minimum Gasteiger partial charge on any atom is -0.497 e. The Bertz CT molecular complexity index is 3870. The van der Waals surface area contributed by atoms with E-state index < -0.39 is 0 Å². The Hall–Kier alpha value is -8.76. The van der Waals surface area contributed by atoms with E-state index in [4.69, 9.17) is 18.9 Å². The third-order valence-electron chi connectivity index (χ3n) is 14.9. The van der Waals surface area contributed by atoms with Gasteiger partial charge in [-0.15, -0.1) is 22.7 Å². The highest BCUT2D eigenvalue weighted by Gasteiger charge is 2.28. The summed E-state index contributed by atoms with van der Waals surface area (Å²) >= 11 is 3.55. The number of hydrogen-bond donors (Lipinski definition) is 0. The van der Waals surface area contributed by atoms with E-state index in [1.54, 1.807) is 30.6 Å². The fraction of sp³-hybridized carbons (Fsp3) is 0.167. The highest BCUT2D eigenvalue weighted by atomic mass is 32.1. The molecule has 81 heavy (non-hydrogen) atoms. The van der Waals surface area contributed by atoms with Crippen molar-refractivity contribution >= 4 is 39.1 Å². The summed E-state index contributed by atoms with van der Waals surface area (Å²) in [6.45, 7) is 3.13. The molecule has 0 radical (unpaired) electrons. The van der Waals surface area contributed by atoms with Crippen molar-refractivity contribution in [3.05, 3.63) is 305 Å². The maximum absolute atomic E-state index is 12.8. The number of rotatable bonds is 24. The molecule has 0 aliphatic heterocycles. The van der Waals surface area contributed by atoms with Crippen molar-refractivity contribution < 1.29 is 23.9 Å². The smallest absolute Gasteiger partial charge is 0.311 e. The number of nitro groups is 1. The zero-order valence-corrected chi connectivity index (χ0v) is 47.2.